The Bertz CT molecular complexity index is 1230. The quantitative estimate of drug-likeness (QED) is 0.658. The van der Waals surface area contributed by atoms with Gasteiger partial charge in [0.25, 0.3) is 5.91 Å². The molecule has 2 aromatic carbocycles. The Morgan fingerprint density at radius 3 is 2.27 bits per heavy atom. The Hall–Kier alpha value is -2.58. The summed E-state index contributed by atoms with van der Waals surface area (Å²) in [6.45, 7) is 9.84. The zero-order valence-electron chi connectivity index (χ0n) is 19.3. The van der Waals surface area contributed by atoms with Crippen molar-refractivity contribution in [2.75, 3.05) is 41.1 Å². The SMILES string of the molecule is Cc1cccc(N2CCN(C(=O)c3ccc(Cl)c(N4C(=O)C(C)(C)CS4(=O)=O)c3)CC2)c1C. The highest BCUT2D eigenvalue weighted by molar-refractivity contribution is 7.94. The Morgan fingerprint density at radius 2 is 1.67 bits per heavy atom. The predicted molar refractivity (Wildman–Crippen MR) is 131 cm³/mol. The maximum atomic E-state index is 13.2. The predicted octanol–water partition coefficient (Wildman–Crippen LogP) is 3.62. The first kappa shape index (κ1) is 23.6. The molecule has 0 radical (unpaired) electrons. The van der Waals surface area contributed by atoms with Crippen molar-refractivity contribution in [3.05, 3.63) is 58.1 Å². The summed E-state index contributed by atoms with van der Waals surface area (Å²) in [5.74, 6) is -1.05. The number of carbonyl (C=O) groups excluding carboxylic acids is 2. The van der Waals surface area contributed by atoms with Crippen LogP contribution < -0.4 is 9.21 Å². The van der Waals surface area contributed by atoms with Gasteiger partial charge in [-0.1, -0.05) is 23.7 Å². The fourth-order valence-electron chi connectivity index (χ4n) is 4.46. The molecule has 2 saturated heterocycles. The molecule has 0 atom stereocenters. The average molecular weight is 490 g/mol. The monoisotopic (exact) mass is 489 g/mol. The van der Waals surface area contributed by atoms with Crippen molar-refractivity contribution in [3.8, 4) is 0 Å². The van der Waals surface area contributed by atoms with Crippen molar-refractivity contribution in [3.63, 3.8) is 0 Å². The lowest BCUT2D eigenvalue weighted by atomic mass is 9.95. The summed E-state index contributed by atoms with van der Waals surface area (Å²) < 4.78 is 26.1. The molecule has 0 unspecified atom stereocenters. The first-order valence-corrected chi connectivity index (χ1v) is 12.9. The lowest BCUT2D eigenvalue weighted by molar-refractivity contribution is -0.123. The minimum Gasteiger partial charge on any atom is -0.368 e. The molecule has 9 heteroatoms. The van der Waals surface area contributed by atoms with Crippen LogP contribution in [0.2, 0.25) is 5.02 Å². The molecule has 2 aliphatic rings. The summed E-state index contributed by atoms with van der Waals surface area (Å²) in [4.78, 5) is 30.0. The Kier molecular flexibility index (Phi) is 5.95. The van der Waals surface area contributed by atoms with Crippen LogP contribution in [0.15, 0.2) is 36.4 Å². The fraction of sp³-hybridized carbons (Fsp3) is 0.417. The van der Waals surface area contributed by atoms with E-state index in [1.807, 2.05) is 6.07 Å². The van der Waals surface area contributed by atoms with Crippen LogP contribution in [0.4, 0.5) is 11.4 Å². The molecular weight excluding hydrogens is 462 g/mol. The molecule has 2 aliphatic heterocycles. The van der Waals surface area contributed by atoms with E-state index in [4.69, 9.17) is 11.6 Å². The van der Waals surface area contributed by atoms with Gasteiger partial charge < -0.3 is 9.80 Å². The topological polar surface area (TPSA) is 78.0 Å². The standard InChI is InChI=1S/C24H28ClN3O4S/c1-16-6-5-7-20(17(16)2)26-10-12-27(13-11-26)22(29)18-8-9-19(25)21(14-18)28-23(30)24(3,4)15-33(28,31)32/h5-9,14H,10-13,15H2,1-4H3. The van der Waals surface area contributed by atoms with Crippen LogP contribution in [0.3, 0.4) is 0 Å². The maximum Gasteiger partial charge on any atom is 0.254 e. The number of nitrogens with zero attached hydrogens (tertiary/aromatic N) is 3. The molecule has 0 saturated carbocycles. The molecule has 0 aromatic heterocycles. The summed E-state index contributed by atoms with van der Waals surface area (Å²) in [6, 6.07) is 10.7. The van der Waals surface area contributed by atoms with Crippen LogP contribution in [0.1, 0.15) is 35.3 Å². The smallest absolute Gasteiger partial charge is 0.254 e. The van der Waals surface area contributed by atoms with Crippen molar-refractivity contribution >= 4 is 44.8 Å². The van der Waals surface area contributed by atoms with Crippen molar-refractivity contribution in [1.82, 2.24) is 4.90 Å². The highest BCUT2D eigenvalue weighted by Crippen LogP contribution is 2.39. The Labute approximate surface area is 200 Å². The highest BCUT2D eigenvalue weighted by Gasteiger charge is 2.50. The first-order chi connectivity index (χ1) is 15.4. The van der Waals surface area contributed by atoms with Gasteiger partial charge in [-0.2, -0.15) is 0 Å². The second kappa shape index (κ2) is 8.33. The van der Waals surface area contributed by atoms with E-state index in [1.165, 1.54) is 28.9 Å². The fourth-order valence-corrected chi connectivity index (χ4v) is 6.82. The van der Waals surface area contributed by atoms with Crippen molar-refractivity contribution < 1.29 is 18.0 Å². The molecule has 4 rings (SSSR count). The maximum absolute atomic E-state index is 13.2. The van der Waals surface area contributed by atoms with Gasteiger partial charge in [0, 0.05) is 37.4 Å². The summed E-state index contributed by atoms with van der Waals surface area (Å²) in [7, 11) is -3.86. The average Bonchev–Trinajstić information content (AvgIpc) is 2.92. The lowest BCUT2D eigenvalue weighted by Gasteiger charge is -2.37. The summed E-state index contributed by atoms with van der Waals surface area (Å²) in [5.41, 5.74) is 2.94. The molecule has 2 heterocycles. The molecule has 0 spiro atoms. The largest absolute Gasteiger partial charge is 0.368 e. The summed E-state index contributed by atoms with van der Waals surface area (Å²) >= 11 is 6.28. The molecule has 33 heavy (non-hydrogen) atoms. The third-order valence-corrected chi connectivity index (χ3v) is 8.81. The number of hydrogen-bond donors (Lipinski definition) is 0. The van der Waals surface area contributed by atoms with Crippen LogP contribution in [-0.2, 0) is 14.8 Å². The highest BCUT2D eigenvalue weighted by atomic mass is 35.5. The van der Waals surface area contributed by atoms with Crippen LogP contribution in [0, 0.1) is 19.3 Å². The number of benzene rings is 2. The summed E-state index contributed by atoms with van der Waals surface area (Å²) in [6.07, 6.45) is 0. The normalized spacial score (nSPS) is 19.8. The van der Waals surface area contributed by atoms with Gasteiger partial charge in [-0.05, 0) is 63.1 Å². The van der Waals surface area contributed by atoms with E-state index in [-0.39, 0.29) is 22.4 Å². The number of piperazine rings is 1. The minimum atomic E-state index is -3.86. The van der Waals surface area contributed by atoms with E-state index in [0.717, 1.165) is 4.31 Å². The number of rotatable bonds is 3. The number of halogens is 1. The molecule has 0 aliphatic carbocycles. The number of amides is 2. The van der Waals surface area contributed by atoms with Gasteiger partial charge in [-0.25, -0.2) is 12.7 Å². The third-order valence-electron chi connectivity index (χ3n) is 6.48. The number of aryl methyl sites for hydroxylation is 1. The molecule has 0 bridgehead atoms. The van der Waals surface area contributed by atoms with Crippen LogP contribution in [-0.4, -0.2) is 57.1 Å². The zero-order chi connectivity index (χ0) is 24.1. The van der Waals surface area contributed by atoms with E-state index < -0.39 is 21.3 Å². The van der Waals surface area contributed by atoms with Crippen molar-refractivity contribution in [2.24, 2.45) is 5.41 Å². The Balaban J connectivity index is 1.55. The van der Waals surface area contributed by atoms with E-state index in [0.29, 0.717) is 31.7 Å². The van der Waals surface area contributed by atoms with Gasteiger partial charge in [-0.3, -0.25) is 9.59 Å². The van der Waals surface area contributed by atoms with Gasteiger partial charge in [0.2, 0.25) is 15.9 Å². The molecule has 2 aromatic rings. The second-order valence-corrected chi connectivity index (χ2v) is 11.6. The third kappa shape index (κ3) is 4.22. The molecular formula is C24H28ClN3O4S. The van der Waals surface area contributed by atoms with Gasteiger partial charge in [0.05, 0.1) is 21.9 Å². The van der Waals surface area contributed by atoms with Gasteiger partial charge >= 0.3 is 0 Å². The first-order valence-electron chi connectivity index (χ1n) is 10.9. The Morgan fingerprint density at radius 1 is 1.00 bits per heavy atom. The van der Waals surface area contributed by atoms with E-state index >= 15 is 0 Å². The van der Waals surface area contributed by atoms with Gasteiger partial charge in [0.1, 0.15) is 0 Å². The van der Waals surface area contributed by atoms with Crippen LogP contribution in [0.5, 0.6) is 0 Å². The number of sulfonamides is 1. The van der Waals surface area contributed by atoms with E-state index in [1.54, 1.807) is 24.8 Å². The summed E-state index contributed by atoms with van der Waals surface area (Å²) in [5, 5.41) is 0.112. The van der Waals surface area contributed by atoms with E-state index in [2.05, 4.69) is 30.9 Å². The molecule has 176 valence electrons. The van der Waals surface area contributed by atoms with Gasteiger partial charge in [0.15, 0.2) is 0 Å². The van der Waals surface area contributed by atoms with Crippen LogP contribution >= 0.6 is 11.6 Å². The van der Waals surface area contributed by atoms with Gasteiger partial charge in [-0.15, -0.1) is 0 Å². The minimum absolute atomic E-state index is 0.0344. The molecule has 2 amide bonds. The van der Waals surface area contributed by atoms with Crippen LogP contribution in [0.25, 0.3) is 0 Å². The lowest BCUT2D eigenvalue weighted by Crippen LogP contribution is -2.49. The molecule has 0 N–H and O–H groups in total. The number of anilines is 2. The molecule has 7 nitrogen and oxygen atoms in total. The number of carbonyl (C=O) groups is 2. The van der Waals surface area contributed by atoms with Crippen molar-refractivity contribution in [2.45, 2.75) is 27.7 Å². The molecule has 2 fully saturated rings. The van der Waals surface area contributed by atoms with Crippen molar-refractivity contribution in [1.29, 1.82) is 0 Å². The number of hydrogen-bond acceptors (Lipinski definition) is 5. The van der Waals surface area contributed by atoms with E-state index in [9.17, 15) is 18.0 Å². The second-order valence-electron chi connectivity index (χ2n) is 9.37. The zero-order valence-corrected chi connectivity index (χ0v) is 20.8.